The zero-order valence-electron chi connectivity index (χ0n) is 16.0. The molecule has 0 saturated heterocycles. The molecule has 0 bridgehead atoms. The molecule has 0 aliphatic rings. The zero-order valence-corrected chi connectivity index (χ0v) is 16.0. The first-order valence-electron chi connectivity index (χ1n) is 9.05. The van der Waals surface area contributed by atoms with E-state index in [-0.39, 0.29) is 5.69 Å². The molecule has 7 nitrogen and oxygen atoms in total. The number of methoxy groups -OCH3 is 1. The third-order valence-corrected chi connectivity index (χ3v) is 4.70. The number of ether oxygens (including phenoxy) is 2. The minimum Gasteiger partial charge on any atom is -0.497 e. The van der Waals surface area contributed by atoms with Gasteiger partial charge in [0.15, 0.2) is 0 Å². The van der Waals surface area contributed by atoms with E-state index in [0.717, 1.165) is 22.2 Å². The molecule has 3 aromatic carbocycles. The summed E-state index contributed by atoms with van der Waals surface area (Å²) in [6.07, 6.45) is 1.82. The molecule has 0 aliphatic carbocycles. The molecule has 4 aromatic rings. The first kappa shape index (κ1) is 18.5. The maximum Gasteiger partial charge on any atom is 0.269 e. The molecule has 0 saturated carbocycles. The number of hydrogen-bond acceptors (Lipinski definition) is 5. The number of benzene rings is 3. The van der Waals surface area contributed by atoms with E-state index >= 15 is 0 Å². The van der Waals surface area contributed by atoms with Gasteiger partial charge in [0.25, 0.3) is 5.69 Å². The molecule has 4 rings (SSSR count). The van der Waals surface area contributed by atoms with Crippen LogP contribution in [0, 0.1) is 17.0 Å². The summed E-state index contributed by atoms with van der Waals surface area (Å²) in [6, 6.07) is 18.2. The molecule has 0 spiro atoms. The summed E-state index contributed by atoms with van der Waals surface area (Å²) in [4.78, 5) is 10.5. The van der Waals surface area contributed by atoms with Crippen molar-refractivity contribution >= 4 is 16.6 Å². The number of fused-ring (bicyclic) bond motifs is 1. The number of non-ortho nitro benzene ring substituents is 1. The van der Waals surface area contributed by atoms with Crippen LogP contribution in [0.4, 0.5) is 5.69 Å². The number of rotatable bonds is 6. The summed E-state index contributed by atoms with van der Waals surface area (Å²) in [7, 11) is 1.64. The SMILES string of the molecule is COc1ccc(Cn2ncc3ccc(Oc4ccc([N+](=O)[O-])cc4C)cc32)cc1. The molecule has 0 aliphatic heterocycles. The molecule has 0 unspecified atom stereocenters. The van der Waals surface area contributed by atoms with Crippen LogP contribution in [0.3, 0.4) is 0 Å². The Bertz CT molecular complexity index is 1180. The first-order valence-corrected chi connectivity index (χ1v) is 9.05. The van der Waals surface area contributed by atoms with Crippen LogP contribution in [0.25, 0.3) is 10.9 Å². The average Bonchev–Trinajstić information content (AvgIpc) is 3.12. The second-order valence-corrected chi connectivity index (χ2v) is 6.68. The Kier molecular flexibility index (Phi) is 4.87. The van der Waals surface area contributed by atoms with Crippen molar-refractivity contribution in [2.45, 2.75) is 13.5 Å². The van der Waals surface area contributed by atoms with E-state index in [1.165, 1.54) is 12.1 Å². The second-order valence-electron chi connectivity index (χ2n) is 6.68. The Morgan fingerprint density at radius 2 is 1.79 bits per heavy atom. The number of hydrogen-bond donors (Lipinski definition) is 0. The highest BCUT2D eigenvalue weighted by Crippen LogP contribution is 2.30. The van der Waals surface area contributed by atoms with Crippen LogP contribution in [-0.4, -0.2) is 21.8 Å². The van der Waals surface area contributed by atoms with Gasteiger partial charge in [-0.3, -0.25) is 14.8 Å². The molecule has 1 aromatic heterocycles. The van der Waals surface area contributed by atoms with Crippen molar-refractivity contribution in [3.8, 4) is 17.2 Å². The van der Waals surface area contributed by atoms with Crippen molar-refractivity contribution in [2.75, 3.05) is 7.11 Å². The van der Waals surface area contributed by atoms with E-state index in [0.29, 0.717) is 23.6 Å². The molecule has 0 N–H and O–H groups in total. The monoisotopic (exact) mass is 389 g/mol. The number of nitro groups is 1. The van der Waals surface area contributed by atoms with E-state index in [4.69, 9.17) is 9.47 Å². The molecule has 0 radical (unpaired) electrons. The van der Waals surface area contributed by atoms with E-state index in [1.807, 2.05) is 53.3 Å². The normalized spacial score (nSPS) is 10.8. The topological polar surface area (TPSA) is 79.4 Å². The largest absolute Gasteiger partial charge is 0.497 e. The van der Waals surface area contributed by atoms with Crippen molar-refractivity contribution in [1.82, 2.24) is 9.78 Å². The molecule has 0 fully saturated rings. The standard InChI is InChI=1S/C22H19N3O4/c1-15-11-18(25(26)27)6-10-22(15)29-20-9-5-17-13-23-24(21(17)12-20)14-16-3-7-19(28-2)8-4-16/h3-13H,14H2,1-2H3. The quantitative estimate of drug-likeness (QED) is 0.338. The molecule has 0 amide bonds. The number of nitrogens with zero attached hydrogens (tertiary/aromatic N) is 3. The summed E-state index contributed by atoms with van der Waals surface area (Å²) in [5.74, 6) is 2.04. The van der Waals surface area contributed by atoms with Gasteiger partial charge < -0.3 is 9.47 Å². The molecule has 1 heterocycles. The minimum atomic E-state index is -0.416. The Balaban J connectivity index is 1.60. The van der Waals surface area contributed by atoms with E-state index in [1.54, 1.807) is 20.1 Å². The van der Waals surface area contributed by atoms with E-state index in [2.05, 4.69) is 5.10 Å². The predicted molar refractivity (Wildman–Crippen MR) is 110 cm³/mol. The fourth-order valence-electron chi connectivity index (χ4n) is 3.13. The summed E-state index contributed by atoms with van der Waals surface area (Å²) >= 11 is 0. The van der Waals surface area contributed by atoms with Gasteiger partial charge in [-0.2, -0.15) is 5.10 Å². The molecular formula is C22H19N3O4. The third-order valence-electron chi connectivity index (χ3n) is 4.70. The lowest BCUT2D eigenvalue weighted by molar-refractivity contribution is -0.384. The van der Waals surface area contributed by atoms with Gasteiger partial charge in [-0.05, 0) is 48.4 Å². The van der Waals surface area contributed by atoms with Crippen LogP contribution < -0.4 is 9.47 Å². The van der Waals surface area contributed by atoms with Gasteiger partial charge in [0.1, 0.15) is 17.2 Å². The molecular weight excluding hydrogens is 370 g/mol. The number of aryl methyl sites for hydroxylation is 1. The van der Waals surface area contributed by atoms with Crippen molar-refractivity contribution in [2.24, 2.45) is 0 Å². The fraction of sp³-hybridized carbons (Fsp3) is 0.136. The van der Waals surface area contributed by atoms with Gasteiger partial charge in [0, 0.05) is 23.6 Å². The number of aromatic nitrogens is 2. The maximum atomic E-state index is 10.9. The van der Waals surface area contributed by atoms with Crippen molar-refractivity contribution in [1.29, 1.82) is 0 Å². The lowest BCUT2D eigenvalue weighted by Crippen LogP contribution is -2.01. The van der Waals surface area contributed by atoms with Crippen molar-refractivity contribution < 1.29 is 14.4 Å². The van der Waals surface area contributed by atoms with Gasteiger partial charge in [-0.1, -0.05) is 12.1 Å². The minimum absolute atomic E-state index is 0.0443. The average molecular weight is 389 g/mol. The molecule has 7 heteroatoms. The zero-order chi connectivity index (χ0) is 20.4. The highest BCUT2D eigenvalue weighted by Gasteiger charge is 2.11. The van der Waals surface area contributed by atoms with Crippen LogP contribution >= 0.6 is 0 Å². The van der Waals surface area contributed by atoms with Crippen LogP contribution in [0.5, 0.6) is 17.2 Å². The fourth-order valence-corrected chi connectivity index (χ4v) is 3.13. The lowest BCUT2D eigenvalue weighted by atomic mass is 10.2. The van der Waals surface area contributed by atoms with E-state index in [9.17, 15) is 10.1 Å². The summed E-state index contributed by atoms with van der Waals surface area (Å²) in [5.41, 5.74) is 2.79. The third kappa shape index (κ3) is 3.89. The van der Waals surface area contributed by atoms with Gasteiger partial charge >= 0.3 is 0 Å². The maximum absolute atomic E-state index is 10.9. The highest BCUT2D eigenvalue weighted by atomic mass is 16.6. The smallest absolute Gasteiger partial charge is 0.269 e. The Hall–Kier alpha value is -3.87. The predicted octanol–water partition coefficient (Wildman–Crippen LogP) is 5.10. The highest BCUT2D eigenvalue weighted by molar-refractivity contribution is 5.80. The summed E-state index contributed by atoms with van der Waals surface area (Å²) in [5, 5.41) is 16.4. The van der Waals surface area contributed by atoms with Gasteiger partial charge in [0.2, 0.25) is 0 Å². The lowest BCUT2D eigenvalue weighted by Gasteiger charge is -2.10. The van der Waals surface area contributed by atoms with Gasteiger partial charge in [0.05, 0.1) is 30.3 Å². The molecule has 29 heavy (non-hydrogen) atoms. The van der Waals surface area contributed by atoms with Crippen LogP contribution in [0.2, 0.25) is 0 Å². The second kappa shape index (κ2) is 7.63. The Morgan fingerprint density at radius 1 is 1.03 bits per heavy atom. The first-order chi connectivity index (χ1) is 14.0. The van der Waals surface area contributed by atoms with Crippen molar-refractivity contribution in [3.05, 3.63) is 88.1 Å². The molecule has 0 atom stereocenters. The van der Waals surface area contributed by atoms with Gasteiger partial charge in [-0.25, -0.2) is 0 Å². The molecule has 146 valence electrons. The van der Waals surface area contributed by atoms with Crippen LogP contribution in [0.15, 0.2) is 66.9 Å². The van der Waals surface area contributed by atoms with Crippen LogP contribution in [0.1, 0.15) is 11.1 Å². The summed E-state index contributed by atoms with van der Waals surface area (Å²) < 4.78 is 13.1. The van der Waals surface area contributed by atoms with Crippen LogP contribution in [-0.2, 0) is 6.54 Å². The summed E-state index contributed by atoms with van der Waals surface area (Å²) in [6.45, 7) is 2.41. The Labute approximate surface area is 167 Å². The van der Waals surface area contributed by atoms with Crippen molar-refractivity contribution in [3.63, 3.8) is 0 Å². The van der Waals surface area contributed by atoms with E-state index < -0.39 is 4.92 Å². The van der Waals surface area contributed by atoms with Gasteiger partial charge in [-0.15, -0.1) is 0 Å². The Morgan fingerprint density at radius 3 is 2.48 bits per heavy atom. The number of nitro benzene ring substituents is 1.